The molecule has 4 heteroatoms. The summed E-state index contributed by atoms with van der Waals surface area (Å²) < 4.78 is 4.84. The number of likely N-dealkylation sites (tertiary alicyclic amines) is 1. The van der Waals surface area contributed by atoms with Crippen molar-refractivity contribution in [2.45, 2.75) is 25.4 Å². The summed E-state index contributed by atoms with van der Waals surface area (Å²) in [7, 11) is 1.35. The zero-order valence-corrected chi connectivity index (χ0v) is 12.1. The number of nitrogens with zero attached hydrogens (tertiary/aromatic N) is 1. The van der Waals surface area contributed by atoms with Crippen molar-refractivity contribution in [3.63, 3.8) is 0 Å². The zero-order chi connectivity index (χ0) is 14.8. The third kappa shape index (κ3) is 2.46. The Morgan fingerprint density at radius 1 is 1.33 bits per heavy atom. The number of allylic oxidation sites excluding steroid dienone is 1. The van der Waals surface area contributed by atoms with Gasteiger partial charge >= 0.3 is 5.97 Å². The number of benzene rings is 1. The minimum atomic E-state index is -0.645. The fourth-order valence-corrected chi connectivity index (χ4v) is 3.41. The van der Waals surface area contributed by atoms with Crippen molar-refractivity contribution >= 4 is 11.9 Å². The molecule has 4 nitrogen and oxygen atoms in total. The maximum atomic E-state index is 12.7. The van der Waals surface area contributed by atoms with Gasteiger partial charge in [0.2, 0.25) is 5.91 Å². The Bertz CT molecular complexity index is 567. The lowest BCUT2D eigenvalue weighted by Crippen LogP contribution is -2.34. The van der Waals surface area contributed by atoms with E-state index in [-0.39, 0.29) is 17.9 Å². The Balaban J connectivity index is 1.88. The first-order valence-corrected chi connectivity index (χ1v) is 7.31. The molecule has 110 valence electrons. The number of amides is 1. The molecule has 21 heavy (non-hydrogen) atoms. The van der Waals surface area contributed by atoms with E-state index in [1.54, 1.807) is 0 Å². The molecule has 2 aliphatic rings. The number of fused-ring (bicyclic) bond motifs is 1. The van der Waals surface area contributed by atoms with Crippen LogP contribution in [0.5, 0.6) is 0 Å². The van der Waals surface area contributed by atoms with Crippen LogP contribution < -0.4 is 0 Å². The monoisotopic (exact) mass is 285 g/mol. The Labute approximate surface area is 124 Å². The van der Waals surface area contributed by atoms with Crippen LogP contribution >= 0.6 is 0 Å². The molecule has 3 atom stereocenters. The van der Waals surface area contributed by atoms with E-state index in [1.807, 2.05) is 35.2 Å². The van der Waals surface area contributed by atoms with Crippen LogP contribution in [0.1, 0.15) is 18.4 Å². The first kappa shape index (κ1) is 13.9. The lowest BCUT2D eigenvalue weighted by atomic mass is 9.83. The predicted molar refractivity (Wildman–Crippen MR) is 78.2 cm³/mol. The Hall–Kier alpha value is -2.10. The summed E-state index contributed by atoms with van der Waals surface area (Å²) in [6.45, 7) is 0.540. The van der Waals surface area contributed by atoms with Gasteiger partial charge in [-0.05, 0) is 18.4 Å². The highest BCUT2D eigenvalue weighted by Gasteiger charge is 2.51. The minimum Gasteiger partial charge on any atom is -0.468 e. The highest BCUT2D eigenvalue weighted by atomic mass is 16.5. The van der Waals surface area contributed by atoms with E-state index in [0.29, 0.717) is 6.54 Å². The summed E-state index contributed by atoms with van der Waals surface area (Å²) in [5.74, 6) is -1.11. The Morgan fingerprint density at radius 2 is 2.10 bits per heavy atom. The van der Waals surface area contributed by atoms with E-state index in [2.05, 4.69) is 12.2 Å². The molecule has 0 bridgehead atoms. The summed E-state index contributed by atoms with van der Waals surface area (Å²) >= 11 is 0. The molecule has 0 saturated carbocycles. The van der Waals surface area contributed by atoms with Gasteiger partial charge in [0.1, 0.15) is 5.92 Å². The molecular formula is C17H19NO3. The number of ether oxygens (including phenoxy) is 1. The first-order valence-electron chi connectivity index (χ1n) is 7.31. The van der Waals surface area contributed by atoms with Gasteiger partial charge in [0, 0.05) is 12.5 Å². The molecule has 1 saturated heterocycles. The molecule has 1 aliphatic carbocycles. The van der Waals surface area contributed by atoms with E-state index in [0.717, 1.165) is 18.4 Å². The molecule has 1 fully saturated rings. The summed E-state index contributed by atoms with van der Waals surface area (Å²) in [6.07, 6.45) is 5.95. The number of hydrogen-bond acceptors (Lipinski definition) is 3. The average molecular weight is 285 g/mol. The van der Waals surface area contributed by atoms with E-state index in [9.17, 15) is 9.59 Å². The largest absolute Gasteiger partial charge is 0.468 e. The number of hydrogen-bond donors (Lipinski definition) is 0. The van der Waals surface area contributed by atoms with Crippen molar-refractivity contribution in [3.05, 3.63) is 48.0 Å². The molecule has 0 spiro atoms. The Kier molecular flexibility index (Phi) is 3.78. The van der Waals surface area contributed by atoms with Gasteiger partial charge in [-0.15, -0.1) is 0 Å². The van der Waals surface area contributed by atoms with Crippen molar-refractivity contribution in [3.8, 4) is 0 Å². The fraction of sp³-hybridized carbons (Fsp3) is 0.412. The van der Waals surface area contributed by atoms with Crippen LogP contribution in [0.3, 0.4) is 0 Å². The van der Waals surface area contributed by atoms with Crippen molar-refractivity contribution < 1.29 is 14.3 Å². The predicted octanol–water partition coefficient (Wildman–Crippen LogP) is 2.15. The molecule has 3 rings (SSSR count). The molecular weight excluding hydrogens is 266 g/mol. The normalized spacial score (nSPS) is 27.6. The minimum absolute atomic E-state index is 0.00977. The molecule has 1 aliphatic heterocycles. The van der Waals surface area contributed by atoms with Crippen LogP contribution in [0.15, 0.2) is 42.5 Å². The standard InChI is InChI=1S/C17H19NO3/c1-21-17(20)15-13-9-5-6-10-14(13)18(16(15)19)11-12-7-3-2-4-8-12/h2-4,6-8,10,13-15H,5,9,11H2,1H3/t13-,14-,15?/m1/s1. The lowest BCUT2D eigenvalue weighted by molar-refractivity contribution is -0.151. The lowest BCUT2D eigenvalue weighted by Gasteiger charge is -2.28. The second-order valence-corrected chi connectivity index (χ2v) is 5.61. The van der Waals surface area contributed by atoms with Gasteiger partial charge in [-0.3, -0.25) is 9.59 Å². The van der Waals surface area contributed by atoms with Gasteiger partial charge in [0.05, 0.1) is 13.2 Å². The molecule has 1 aromatic rings. The highest BCUT2D eigenvalue weighted by Crippen LogP contribution is 2.39. The third-order valence-corrected chi connectivity index (χ3v) is 4.43. The number of carbonyl (C=O) groups excluding carboxylic acids is 2. The zero-order valence-electron chi connectivity index (χ0n) is 12.1. The van der Waals surface area contributed by atoms with E-state index in [1.165, 1.54) is 7.11 Å². The van der Waals surface area contributed by atoms with Crippen molar-refractivity contribution in [1.29, 1.82) is 0 Å². The number of methoxy groups -OCH3 is 1. The van der Waals surface area contributed by atoms with Crippen LogP contribution in [0.4, 0.5) is 0 Å². The van der Waals surface area contributed by atoms with E-state index >= 15 is 0 Å². The molecule has 1 aromatic carbocycles. The maximum absolute atomic E-state index is 12.7. The molecule has 0 radical (unpaired) electrons. The third-order valence-electron chi connectivity index (χ3n) is 4.43. The van der Waals surface area contributed by atoms with Crippen LogP contribution in [-0.2, 0) is 20.9 Å². The summed E-state index contributed by atoms with van der Waals surface area (Å²) in [5.41, 5.74) is 1.08. The smallest absolute Gasteiger partial charge is 0.318 e. The van der Waals surface area contributed by atoms with Gasteiger partial charge in [-0.25, -0.2) is 0 Å². The second-order valence-electron chi connectivity index (χ2n) is 5.61. The first-order chi connectivity index (χ1) is 10.2. The van der Waals surface area contributed by atoms with Crippen LogP contribution in [-0.4, -0.2) is 29.9 Å². The summed E-state index contributed by atoms with van der Waals surface area (Å²) in [6, 6.07) is 9.88. The number of rotatable bonds is 3. The van der Waals surface area contributed by atoms with Crippen LogP contribution in [0.25, 0.3) is 0 Å². The van der Waals surface area contributed by atoms with Crippen molar-refractivity contribution in [1.82, 2.24) is 4.90 Å². The van der Waals surface area contributed by atoms with E-state index < -0.39 is 11.9 Å². The SMILES string of the molecule is COC(=O)C1C(=O)N(Cc2ccccc2)[C@@H]2C=CCC[C@@H]12. The molecule has 1 heterocycles. The molecule has 0 N–H and O–H groups in total. The summed E-state index contributed by atoms with van der Waals surface area (Å²) in [4.78, 5) is 26.5. The second kappa shape index (κ2) is 5.72. The van der Waals surface area contributed by atoms with Gasteiger partial charge in [0.25, 0.3) is 0 Å². The quantitative estimate of drug-likeness (QED) is 0.486. The number of carbonyl (C=O) groups is 2. The fourth-order valence-electron chi connectivity index (χ4n) is 3.41. The topological polar surface area (TPSA) is 46.6 Å². The maximum Gasteiger partial charge on any atom is 0.318 e. The summed E-state index contributed by atoms with van der Waals surface area (Å²) in [5, 5.41) is 0. The van der Waals surface area contributed by atoms with Gasteiger partial charge < -0.3 is 9.64 Å². The highest BCUT2D eigenvalue weighted by molar-refractivity contribution is 6.00. The van der Waals surface area contributed by atoms with E-state index in [4.69, 9.17) is 4.74 Å². The van der Waals surface area contributed by atoms with Crippen molar-refractivity contribution in [2.24, 2.45) is 11.8 Å². The van der Waals surface area contributed by atoms with Crippen LogP contribution in [0.2, 0.25) is 0 Å². The average Bonchev–Trinajstić information content (AvgIpc) is 2.80. The van der Waals surface area contributed by atoms with Gasteiger partial charge in [0.15, 0.2) is 0 Å². The van der Waals surface area contributed by atoms with Gasteiger partial charge in [-0.1, -0.05) is 42.5 Å². The number of esters is 1. The molecule has 0 aromatic heterocycles. The van der Waals surface area contributed by atoms with Crippen molar-refractivity contribution in [2.75, 3.05) is 7.11 Å². The van der Waals surface area contributed by atoms with Gasteiger partial charge in [-0.2, -0.15) is 0 Å². The Morgan fingerprint density at radius 3 is 2.81 bits per heavy atom. The molecule has 1 unspecified atom stereocenters. The van der Waals surface area contributed by atoms with Crippen LogP contribution in [0, 0.1) is 11.8 Å². The molecule has 1 amide bonds.